The molecule has 0 aromatic rings. The largest absolute Gasteiger partial charge is 0.502 e. The summed E-state index contributed by atoms with van der Waals surface area (Å²) in [6.07, 6.45) is 1.33. The maximum absolute atomic E-state index is 10.6. The van der Waals surface area contributed by atoms with Crippen LogP contribution in [0.5, 0.6) is 0 Å². The van der Waals surface area contributed by atoms with Gasteiger partial charge in [-0.05, 0) is 6.08 Å². The minimum Gasteiger partial charge on any atom is -0.502 e. The number of aliphatic carboxylic acids is 1. The normalized spacial score (nSPS) is 11.2. The minimum atomic E-state index is -1.41. The molecule has 0 aromatic carbocycles. The minimum absolute atomic E-state index is 0.0192. The number of carbonyl (C=O) groups is 2. The van der Waals surface area contributed by atoms with E-state index in [2.05, 4.69) is 0 Å². The highest BCUT2D eigenvalue weighted by molar-refractivity contribution is 5.86. The predicted molar refractivity (Wildman–Crippen MR) is 38.3 cm³/mol. The molecule has 0 fully saturated rings. The summed E-state index contributed by atoms with van der Waals surface area (Å²) in [5.74, 6) is -2.28. The van der Waals surface area contributed by atoms with Gasteiger partial charge in [0.05, 0.1) is 0 Å². The molecule has 62 valence electrons. The van der Waals surface area contributed by atoms with Gasteiger partial charge >= 0.3 is 5.97 Å². The third-order valence-electron chi connectivity index (χ3n) is 1.14. The highest BCUT2D eigenvalue weighted by Gasteiger charge is 2.03. The van der Waals surface area contributed by atoms with Crippen LogP contribution in [0.4, 0.5) is 0 Å². The molecule has 0 rings (SSSR count). The zero-order valence-electron chi connectivity index (χ0n) is 6.20. The number of rotatable bonds is 4. The van der Waals surface area contributed by atoms with Crippen molar-refractivity contribution in [3.8, 4) is 0 Å². The second kappa shape index (κ2) is 4.49. The van der Waals surface area contributed by atoms with E-state index in [1.165, 1.54) is 0 Å². The average Bonchev–Trinajstić information content (AvgIpc) is 1.99. The number of carboxylic acid groups (broad SMARTS) is 1. The fourth-order valence-corrected chi connectivity index (χ4v) is 0.442. The number of Topliss-reactive ketones (excluding diaryl/α,β-unsaturated/α-hetero) is 1. The van der Waals surface area contributed by atoms with Crippen molar-refractivity contribution in [1.29, 1.82) is 0 Å². The highest BCUT2D eigenvalue weighted by atomic mass is 16.4. The van der Waals surface area contributed by atoms with Crippen molar-refractivity contribution in [2.75, 3.05) is 0 Å². The van der Waals surface area contributed by atoms with E-state index in [0.29, 0.717) is 6.42 Å². The quantitative estimate of drug-likeness (QED) is 0.470. The van der Waals surface area contributed by atoms with Crippen LogP contribution in [0.25, 0.3) is 0 Å². The summed E-state index contributed by atoms with van der Waals surface area (Å²) in [6, 6.07) is 0. The molecule has 0 saturated carbocycles. The number of hydrogen-bond donors (Lipinski definition) is 2. The Bertz CT molecular complexity index is 193. The molecule has 0 heterocycles. The summed E-state index contributed by atoms with van der Waals surface area (Å²) in [4.78, 5) is 20.6. The van der Waals surface area contributed by atoms with E-state index in [1.807, 2.05) is 0 Å². The molecular weight excluding hydrogens is 148 g/mol. The lowest BCUT2D eigenvalue weighted by atomic mass is 10.2. The van der Waals surface area contributed by atoms with Gasteiger partial charge in [-0.2, -0.15) is 0 Å². The van der Waals surface area contributed by atoms with Crippen LogP contribution in [0.3, 0.4) is 0 Å². The second-order valence-electron chi connectivity index (χ2n) is 1.99. The number of allylic oxidation sites excluding steroid dienone is 1. The number of hydrogen-bond acceptors (Lipinski definition) is 3. The third-order valence-corrected chi connectivity index (χ3v) is 1.14. The molecule has 0 unspecified atom stereocenters. The lowest BCUT2D eigenvalue weighted by Crippen LogP contribution is -2.00. The molecule has 4 nitrogen and oxygen atoms in total. The molecule has 0 spiro atoms. The second-order valence-corrected chi connectivity index (χ2v) is 1.99. The first-order valence-electron chi connectivity index (χ1n) is 3.22. The molecule has 0 aliphatic carbocycles. The van der Waals surface area contributed by atoms with E-state index >= 15 is 0 Å². The Balaban J connectivity index is 3.92. The molecule has 0 atom stereocenters. The SMILES string of the molecule is CCC(=O)C/C=C(/O)C(=O)O. The zero-order valence-corrected chi connectivity index (χ0v) is 6.20. The Hall–Kier alpha value is -1.32. The van der Waals surface area contributed by atoms with Gasteiger partial charge in [0.1, 0.15) is 5.78 Å². The van der Waals surface area contributed by atoms with Crippen molar-refractivity contribution in [3.63, 3.8) is 0 Å². The van der Waals surface area contributed by atoms with Gasteiger partial charge in [-0.25, -0.2) is 4.79 Å². The predicted octanol–water partition coefficient (Wildman–Crippen LogP) is 0.882. The van der Waals surface area contributed by atoms with E-state index < -0.39 is 11.7 Å². The number of carbonyl (C=O) groups excluding carboxylic acids is 1. The summed E-state index contributed by atoms with van der Waals surface area (Å²) < 4.78 is 0. The summed E-state index contributed by atoms with van der Waals surface area (Å²) in [5.41, 5.74) is 0. The van der Waals surface area contributed by atoms with Crippen molar-refractivity contribution in [2.45, 2.75) is 19.8 Å². The molecule has 0 amide bonds. The van der Waals surface area contributed by atoms with Gasteiger partial charge in [0.15, 0.2) is 5.76 Å². The van der Waals surface area contributed by atoms with Crippen LogP contribution in [-0.4, -0.2) is 22.0 Å². The van der Waals surface area contributed by atoms with Gasteiger partial charge in [0, 0.05) is 12.8 Å². The van der Waals surface area contributed by atoms with E-state index in [0.717, 1.165) is 6.08 Å². The van der Waals surface area contributed by atoms with Crippen LogP contribution in [0.15, 0.2) is 11.8 Å². The number of aliphatic hydroxyl groups excluding tert-OH is 1. The maximum atomic E-state index is 10.6. The van der Waals surface area contributed by atoms with Crippen molar-refractivity contribution < 1.29 is 19.8 Å². The van der Waals surface area contributed by atoms with E-state index in [-0.39, 0.29) is 12.2 Å². The van der Waals surface area contributed by atoms with Gasteiger partial charge in [-0.1, -0.05) is 6.92 Å². The smallest absolute Gasteiger partial charge is 0.370 e. The molecule has 11 heavy (non-hydrogen) atoms. The van der Waals surface area contributed by atoms with E-state index in [4.69, 9.17) is 10.2 Å². The zero-order chi connectivity index (χ0) is 8.85. The van der Waals surface area contributed by atoms with Crippen LogP contribution in [0, 0.1) is 0 Å². The topological polar surface area (TPSA) is 74.6 Å². The number of ketones is 1. The van der Waals surface area contributed by atoms with Crippen LogP contribution in [-0.2, 0) is 9.59 Å². The lowest BCUT2D eigenvalue weighted by molar-refractivity contribution is -0.135. The standard InChI is InChI=1S/C7H10O4/c1-2-5(8)3-4-6(9)7(10)11/h4,9H,2-3H2,1H3,(H,10,11)/b6-4+. The molecular formula is C7H10O4. The molecule has 0 aliphatic rings. The van der Waals surface area contributed by atoms with Crippen molar-refractivity contribution in [2.24, 2.45) is 0 Å². The van der Waals surface area contributed by atoms with E-state index in [1.54, 1.807) is 6.92 Å². The fraction of sp³-hybridized carbons (Fsp3) is 0.429. The lowest BCUT2D eigenvalue weighted by Gasteiger charge is -1.91. The van der Waals surface area contributed by atoms with Gasteiger partial charge < -0.3 is 10.2 Å². The Kier molecular flexibility index (Phi) is 3.95. The molecule has 0 radical (unpaired) electrons. The molecule has 0 aliphatic heterocycles. The van der Waals surface area contributed by atoms with Crippen LogP contribution < -0.4 is 0 Å². The van der Waals surface area contributed by atoms with E-state index in [9.17, 15) is 9.59 Å². The summed E-state index contributed by atoms with van der Waals surface area (Å²) >= 11 is 0. The Labute approximate surface area is 64.2 Å². The van der Waals surface area contributed by atoms with Crippen molar-refractivity contribution >= 4 is 11.8 Å². The molecule has 0 aromatic heterocycles. The van der Waals surface area contributed by atoms with Gasteiger partial charge in [-0.3, -0.25) is 4.79 Å². The molecule has 0 bridgehead atoms. The average molecular weight is 158 g/mol. The highest BCUT2D eigenvalue weighted by Crippen LogP contribution is 1.95. The Morgan fingerprint density at radius 2 is 1.91 bits per heavy atom. The summed E-state index contributed by atoms with van der Waals surface area (Å²) in [5, 5.41) is 16.7. The van der Waals surface area contributed by atoms with Crippen LogP contribution in [0.1, 0.15) is 19.8 Å². The monoisotopic (exact) mass is 158 g/mol. The number of carboxylic acids is 1. The third kappa shape index (κ3) is 4.13. The van der Waals surface area contributed by atoms with Crippen molar-refractivity contribution in [1.82, 2.24) is 0 Å². The maximum Gasteiger partial charge on any atom is 0.370 e. The first-order valence-corrected chi connectivity index (χ1v) is 3.22. The molecule has 4 heteroatoms. The van der Waals surface area contributed by atoms with Gasteiger partial charge in [0.25, 0.3) is 0 Å². The molecule has 0 saturated heterocycles. The molecule has 2 N–H and O–H groups in total. The van der Waals surface area contributed by atoms with Gasteiger partial charge in [-0.15, -0.1) is 0 Å². The Morgan fingerprint density at radius 3 is 2.27 bits per heavy atom. The number of aliphatic hydroxyl groups is 1. The summed E-state index contributed by atoms with van der Waals surface area (Å²) in [7, 11) is 0. The first kappa shape index (κ1) is 9.68. The summed E-state index contributed by atoms with van der Waals surface area (Å²) in [6.45, 7) is 1.67. The fourth-order valence-electron chi connectivity index (χ4n) is 0.442. The van der Waals surface area contributed by atoms with Crippen molar-refractivity contribution in [3.05, 3.63) is 11.8 Å². The van der Waals surface area contributed by atoms with Crippen LogP contribution in [0.2, 0.25) is 0 Å². The first-order chi connectivity index (χ1) is 5.07. The Morgan fingerprint density at radius 1 is 1.36 bits per heavy atom. The van der Waals surface area contributed by atoms with Gasteiger partial charge in [0.2, 0.25) is 0 Å². The van der Waals surface area contributed by atoms with Crippen LogP contribution >= 0.6 is 0 Å².